The maximum Gasteiger partial charge on any atom is 0.416 e. The monoisotopic (exact) mass is 663 g/mol. The van der Waals surface area contributed by atoms with Crippen LogP contribution in [-0.4, -0.2) is 32.6 Å². The summed E-state index contributed by atoms with van der Waals surface area (Å²) in [6.45, 7) is -0.217. The molecule has 0 aliphatic heterocycles. The minimum Gasteiger partial charge on any atom is -0.497 e. The van der Waals surface area contributed by atoms with Crippen molar-refractivity contribution in [1.29, 1.82) is 0 Å². The Morgan fingerprint density at radius 1 is 0.915 bits per heavy atom. The first kappa shape index (κ1) is 32.0. The summed E-state index contributed by atoms with van der Waals surface area (Å²) in [7, 11) is -1.36. The van der Waals surface area contributed by atoms with E-state index < -0.39 is 27.7 Å². The average Bonchev–Trinajstić information content (AvgIpc) is 3.50. The molecule has 0 amide bonds. The number of fused-ring (bicyclic) bond motifs is 1. The van der Waals surface area contributed by atoms with E-state index in [1.54, 1.807) is 48.7 Å². The molecule has 47 heavy (non-hydrogen) atoms. The van der Waals surface area contributed by atoms with E-state index in [1.165, 1.54) is 44.7 Å². The molecular formula is C35H29F4N3O4S. The molecule has 1 atom stereocenters. The molecule has 3 aromatic carbocycles. The number of anilines is 1. The van der Waals surface area contributed by atoms with Gasteiger partial charge in [-0.15, -0.1) is 0 Å². The van der Waals surface area contributed by atoms with Crippen molar-refractivity contribution in [2.75, 3.05) is 18.5 Å². The summed E-state index contributed by atoms with van der Waals surface area (Å²) in [6.07, 6.45) is -0.379. The molecule has 1 aliphatic carbocycles. The Balaban J connectivity index is 1.40. The van der Waals surface area contributed by atoms with Crippen molar-refractivity contribution < 1.29 is 35.5 Å². The lowest BCUT2D eigenvalue weighted by Crippen LogP contribution is -2.31. The number of sulfonamides is 1. The lowest BCUT2D eigenvalue weighted by molar-refractivity contribution is -0.137. The molecule has 1 unspecified atom stereocenters. The highest BCUT2D eigenvalue weighted by molar-refractivity contribution is 7.92. The summed E-state index contributed by atoms with van der Waals surface area (Å²) in [5, 5.41) is 0. The van der Waals surface area contributed by atoms with Crippen molar-refractivity contribution in [1.82, 2.24) is 9.97 Å². The molecule has 12 heteroatoms. The molecule has 7 nitrogen and oxygen atoms in total. The van der Waals surface area contributed by atoms with Gasteiger partial charge in [0.15, 0.2) is 0 Å². The fourth-order valence-corrected chi connectivity index (χ4v) is 7.42. The van der Waals surface area contributed by atoms with E-state index in [-0.39, 0.29) is 23.2 Å². The number of methoxy groups -OCH3 is 2. The first-order valence-electron chi connectivity index (χ1n) is 14.6. The number of aryl methyl sites for hydroxylation is 1. The largest absolute Gasteiger partial charge is 0.497 e. The summed E-state index contributed by atoms with van der Waals surface area (Å²) in [5.41, 5.74) is 2.96. The van der Waals surface area contributed by atoms with Crippen LogP contribution in [0.15, 0.2) is 102 Å². The predicted molar refractivity (Wildman–Crippen MR) is 168 cm³/mol. The third-order valence-corrected chi connectivity index (χ3v) is 10.0. The molecule has 0 radical (unpaired) electrons. The van der Waals surface area contributed by atoms with E-state index in [0.29, 0.717) is 46.6 Å². The molecular weight excluding hydrogens is 634 g/mol. The van der Waals surface area contributed by atoms with Crippen LogP contribution in [0.3, 0.4) is 0 Å². The van der Waals surface area contributed by atoms with Gasteiger partial charge in [-0.25, -0.2) is 17.7 Å². The van der Waals surface area contributed by atoms with E-state index >= 15 is 0 Å². The average molecular weight is 664 g/mol. The molecule has 0 N–H and O–H groups in total. The van der Waals surface area contributed by atoms with Crippen LogP contribution in [0.1, 0.15) is 40.2 Å². The van der Waals surface area contributed by atoms with Crippen molar-refractivity contribution in [3.05, 3.63) is 131 Å². The van der Waals surface area contributed by atoms with Crippen LogP contribution in [0.5, 0.6) is 11.5 Å². The van der Waals surface area contributed by atoms with Crippen LogP contribution in [0.4, 0.5) is 23.4 Å². The highest BCUT2D eigenvalue weighted by Gasteiger charge is 2.34. The van der Waals surface area contributed by atoms with Gasteiger partial charge in [0.05, 0.1) is 31.2 Å². The number of benzene rings is 3. The Morgan fingerprint density at radius 2 is 1.72 bits per heavy atom. The van der Waals surface area contributed by atoms with Crippen molar-refractivity contribution in [3.63, 3.8) is 0 Å². The van der Waals surface area contributed by atoms with Crippen molar-refractivity contribution in [2.24, 2.45) is 0 Å². The number of hydrogen-bond donors (Lipinski definition) is 0. The van der Waals surface area contributed by atoms with E-state index in [9.17, 15) is 26.0 Å². The lowest BCUT2D eigenvalue weighted by atomic mass is 9.86. The highest BCUT2D eigenvalue weighted by Crippen LogP contribution is 2.45. The molecule has 0 spiro atoms. The second kappa shape index (κ2) is 12.7. The summed E-state index contributed by atoms with van der Waals surface area (Å²) in [5.74, 6) is -0.353. The topological polar surface area (TPSA) is 81.6 Å². The zero-order valence-electron chi connectivity index (χ0n) is 25.3. The number of hydrogen-bond acceptors (Lipinski definition) is 6. The number of rotatable bonds is 9. The highest BCUT2D eigenvalue weighted by atomic mass is 32.2. The predicted octanol–water partition coefficient (Wildman–Crippen LogP) is 7.79. The van der Waals surface area contributed by atoms with Crippen LogP contribution in [0.2, 0.25) is 0 Å². The Hall–Kier alpha value is -4.97. The van der Waals surface area contributed by atoms with Gasteiger partial charge in [-0.2, -0.15) is 17.6 Å². The first-order valence-corrected chi connectivity index (χ1v) is 16.0. The molecule has 0 bridgehead atoms. The molecule has 2 heterocycles. The SMILES string of the molecule is COc1ccc(CN(c2cccc(F)n2)S(=O)(=O)c2ccc3c(c2)CCC3c2ccc(C(F)(F)F)cc2-c2cccnc2)c(OC)c1. The van der Waals surface area contributed by atoms with Gasteiger partial charge >= 0.3 is 6.18 Å². The zero-order chi connectivity index (χ0) is 33.3. The van der Waals surface area contributed by atoms with Crippen molar-refractivity contribution >= 4 is 15.8 Å². The minimum absolute atomic E-state index is 0.0321. The molecule has 242 valence electrons. The summed E-state index contributed by atoms with van der Waals surface area (Å²) < 4.78 is 95.7. The molecule has 0 saturated carbocycles. The van der Waals surface area contributed by atoms with Gasteiger partial charge in [0.1, 0.15) is 17.3 Å². The Labute approximate surface area is 269 Å². The third-order valence-electron chi connectivity index (χ3n) is 8.27. The van der Waals surface area contributed by atoms with Gasteiger partial charge in [0, 0.05) is 35.5 Å². The van der Waals surface area contributed by atoms with Crippen LogP contribution < -0.4 is 13.8 Å². The Bertz CT molecular complexity index is 2040. The van der Waals surface area contributed by atoms with E-state index in [0.717, 1.165) is 33.6 Å². The van der Waals surface area contributed by atoms with Gasteiger partial charge in [-0.1, -0.05) is 24.3 Å². The molecule has 2 aromatic heterocycles. The summed E-state index contributed by atoms with van der Waals surface area (Å²) in [6, 6.07) is 20.7. The second-order valence-corrected chi connectivity index (χ2v) is 12.9. The standard InChI is InChI=1S/C35H29F4N3O4S/c1-45-26-11-8-24(32(19-26)46-2)21-42(34-7-3-6-33(36)41-34)47(43,44)27-12-15-28-22(17-27)9-13-29(28)30-14-10-25(35(37,38)39)18-31(30)23-5-4-16-40-20-23/h3-8,10-12,14-20,29H,9,13,21H2,1-2H3. The fourth-order valence-electron chi connectivity index (χ4n) is 5.98. The van der Waals surface area contributed by atoms with Gasteiger partial charge in [0.2, 0.25) is 5.95 Å². The number of pyridine rings is 2. The zero-order valence-corrected chi connectivity index (χ0v) is 26.1. The summed E-state index contributed by atoms with van der Waals surface area (Å²) >= 11 is 0. The molecule has 0 saturated heterocycles. The van der Waals surface area contributed by atoms with Crippen LogP contribution >= 0.6 is 0 Å². The van der Waals surface area contributed by atoms with Crippen LogP contribution in [0, 0.1) is 5.95 Å². The van der Waals surface area contributed by atoms with Gasteiger partial charge in [0.25, 0.3) is 10.0 Å². The Morgan fingerprint density at radius 3 is 2.43 bits per heavy atom. The third kappa shape index (κ3) is 6.37. The fraction of sp³-hybridized carbons (Fsp3) is 0.200. The molecule has 5 aromatic rings. The number of ether oxygens (including phenoxy) is 2. The first-order chi connectivity index (χ1) is 22.5. The van der Waals surface area contributed by atoms with Crippen molar-refractivity contribution in [3.8, 4) is 22.6 Å². The van der Waals surface area contributed by atoms with E-state index in [2.05, 4.69) is 9.97 Å². The molecule has 6 rings (SSSR count). The van der Waals surface area contributed by atoms with Gasteiger partial charge in [-0.3, -0.25) is 4.98 Å². The number of aromatic nitrogens is 2. The minimum atomic E-state index is -4.52. The molecule has 1 aliphatic rings. The smallest absolute Gasteiger partial charge is 0.416 e. The van der Waals surface area contributed by atoms with Crippen LogP contribution in [-0.2, 0) is 29.2 Å². The molecule has 0 fully saturated rings. The van der Waals surface area contributed by atoms with Crippen molar-refractivity contribution in [2.45, 2.75) is 36.4 Å². The summed E-state index contributed by atoms with van der Waals surface area (Å²) in [4.78, 5) is 7.94. The second-order valence-electron chi connectivity index (χ2n) is 11.0. The maximum atomic E-state index is 14.3. The number of nitrogens with zero attached hydrogens (tertiary/aromatic N) is 3. The number of halogens is 4. The quantitative estimate of drug-likeness (QED) is 0.118. The maximum absolute atomic E-state index is 14.3. The normalized spacial score (nSPS) is 14.5. The van der Waals surface area contributed by atoms with E-state index in [4.69, 9.17) is 9.47 Å². The van der Waals surface area contributed by atoms with Crippen LogP contribution in [0.25, 0.3) is 11.1 Å². The Kier molecular flexibility index (Phi) is 8.63. The van der Waals surface area contributed by atoms with E-state index in [1.807, 2.05) is 0 Å². The lowest BCUT2D eigenvalue weighted by Gasteiger charge is -2.25. The van der Waals surface area contributed by atoms with Gasteiger partial charge in [-0.05, 0) is 89.7 Å². The van der Waals surface area contributed by atoms with Gasteiger partial charge < -0.3 is 9.47 Å². The number of alkyl halides is 3.